The lowest BCUT2D eigenvalue weighted by molar-refractivity contribution is -0.384. The van der Waals surface area contributed by atoms with Gasteiger partial charge in [0.1, 0.15) is 18.1 Å². The van der Waals surface area contributed by atoms with Gasteiger partial charge in [0.2, 0.25) is 0 Å². The molecule has 0 radical (unpaired) electrons. The monoisotopic (exact) mass is 569 g/mol. The van der Waals surface area contributed by atoms with Gasteiger partial charge in [0.25, 0.3) is 11.6 Å². The topological polar surface area (TPSA) is 111 Å². The summed E-state index contributed by atoms with van der Waals surface area (Å²) in [6.45, 7) is 2.08. The second-order valence-electron chi connectivity index (χ2n) is 7.95. The number of nitro groups is 1. The molecule has 0 aromatic heterocycles. The molecule has 11 heteroatoms. The van der Waals surface area contributed by atoms with E-state index in [0.29, 0.717) is 28.1 Å². The number of urea groups is 1. The van der Waals surface area contributed by atoms with E-state index in [-0.39, 0.29) is 30.1 Å². The van der Waals surface area contributed by atoms with E-state index in [0.717, 1.165) is 10.5 Å². The molecule has 0 unspecified atom stereocenters. The van der Waals surface area contributed by atoms with Crippen LogP contribution in [0.4, 0.5) is 14.9 Å². The van der Waals surface area contributed by atoms with Crippen molar-refractivity contribution in [2.75, 3.05) is 6.61 Å². The normalized spacial score (nSPS) is 14.1. The third-order valence-electron chi connectivity index (χ3n) is 5.42. The van der Waals surface area contributed by atoms with E-state index in [4.69, 9.17) is 9.47 Å². The van der Waals surface area contributed by atoms with Crippen LogP contribution in [0.15, 0.2) is 70.8 Å². The highest BCUT2D eigenvalue weighted by Crippen LogP contribution is 2.38. The van der Waals surface area contributed by atoms with Crippen molar-refractivity contribution in [1.29, 1.82) is 0 Å². The van der Waals surface area contributed by atoms with Gasteiger partial charge < -0.3 is 14.8 Å². The van der Waals surface area contributed by atoms with E-state index < -0.39 is 22.7 Å². The molecule has 3 aromatic rings. The van der Waals surface area contributed by atoms with Crippen molar-refractivity contribution >= 4 is 39.6 Å². The molecule has 1 saturated heterocycles. The lowest BCUT2D eigenvalue weighted by atomic mass is 10.1. The Balaban J connectivity index is 1.54. The first-order chi connectivity index (χ1) is 17.8. The van der Waals surface area contributed by atoms with Crippen LogP contribution in [0, 0.1) is 15.9 Å². The third-order valence-corrected chi connectivity index (χ3v) is 6.01. The lowest BCUT2D eigenvalue weighted by Crippen LogP contribution is -2.30. The summed E-state index contributed by atoms with van der Waals surface area (Å²) in [7, 11) is 0. The van der Waals surface area contributed by atoms with Gasteiger partial charge in [0, 0.05) is 17.7 Å². The van der Waals surface area contributed by atoms with Gasteiger partial charge in [-0.1, -0.05) is 18.2 Å². The minimum atomic E-state index is -0.647. The predicted molar refractivity (Wildman–Crippen MR) is 136 cm³/mol. The zero-order valence-corrected chi connectivity index (χ0v) is 21.2. The van der Waals surface area contributed by atoms with Crippen molar-refractivity contribution in [3.8, 4) is 11.5 Å². The number of nitrogens with zero attached hydrogens (tertiary/aromatic N) is 2. The first-order valence-corrected chi connectivity index (χ1v) is 12.0. The molecule has 3 amide bonds. The van der Waals surface area contributed by atoms with Gasteiger partial charge in [-0.05, 0) is 70.4 Å². The van der Waals surface area contributed by atoms with Gasteiger partial charge in [0.15, 0.2) is 11.5 Å². The van der Waals surface area contributed by atoms with Gasteiger partial charge >= 0.3 is 6.03 Å². The van der Waals surface area contributed by atoms with Gasteiger partial charge in [0.05, 0.1) is 22.5 Å². The highest BCUT2D eigenvalue weighted by molar-refractivity contribution is 9.10. The number of carbonyl (C=O) groups excluding carboxylic acids is 2. The molecule has 1 fully saturated rings. The van der Waals surface area contributed by atoms with Crippen LogP contribution in [-0.2, 0) is 17.9 Å². The highest BCUT2D eigenvalue weighted by Gasteiger charge is 2.34. The summed E-state index contributed by atoms with van der Waals surface area (Å²) in [5.41, 5.74) is 1.52. The standard InChI is InChI=1S/C26H21BrFN3O6/c1-2-36-23-13-17(11-20(27)24(23)37-15-16-7-9-19(10-8-16)31(34)35)12-22-25(32)30(26(33)29-22)14-18-5-3-4-6-21(18)28/h3-13H,2,14-15H2,1H3,(H,29,33)/b22-12+. The molecule has 0 aliphatic carbocycles. The van der Waals surface area contributed by atoms with Crippen LogP contribution in [0.2, 0.25) is 0 Å². The van der Waals surface area contributed by atoms with E-state index in [9.17, 15) is 24.1 Å². The molecule has 1 heterocycles. The second kappa shape index (κ2) is 11.2. The molecule has 0 atom stereocenters. The van der Waals surface area contributed by atoms with E-state index >= 15 is 0 Å². The predicted octanol–water partition coefficient (Wildman–Crippen LogP) is 5.57. The molecule has 37 heavy (non-hydrogen) atoms. The number of nitro benzene ring substituents is 1. The van der Waals surface area contributed by atoms with Crippen molar-refractivity contribution in [3.05, 3.63) is 103 Å². The maximum absolute atomic E-state index is 14.0. The summed E-state index contributed by atoms with van der Waals surface area (Å²) < 4.78 is 26.2. The summed E-state index contributed by atoms with van der Waals surface area (Å²) >= 11 is 3.46. The number of imide groups is 1. The number of non-ortho nitro benzene ring substituents is 1. The van der Waals surface area contributed by atoms with Crippen molar-refractivity contribution in [2.45, 2.75) is 20.1 Å². The molecular weight excluding hydrogens is 549 g/mol. The van der Waals surface area contributed by atoms with E-state index in [2.05, 4.69) is 21.2 Å². The van der Waals surface area contributed by atoms with Crippen molar-refractivity contribution in [1.82, 2.24) is 10.2 Å². The number of benzene rings is 3. The number of nitrogens with one attached hydrogen (secondary N) is 1. The fourth-order valence-electron chi connectivity index (χ4n) is 3.62. The number of ether oxygens (including phenoxy) is 2. The van der Waals surface area contributed by atoms with Crippen LogP contribution in [0.5, 0.6) is 11.5 Å². The van der Waals surface area contributed by atoms with Crippen molar-refractivity contribution < 1.29 is 28.4 Å². The molecule has 9 nitrogen and oxygen atoms in total. The zero-order valence-electron chi connectivity index (χ0n) is 19.6. The van der Waals surface area contributed by atoms with Crippen LogP contribution in [0.1, 0.15) is 23.6 Å². The Bertz CT molecular complexity index is 1390. The minimum Gasteiger partial charge on any atom is -0.490 e. The van der Waals surface area contributed by atoms with Crippen LogP contribution in [0.25, 0.3) is 6.08 Å². The third kappa shape index (κ3) is 5.95. The van der Waals surface area contributed by atoms with Gasteiger partial charge in [-0.3, -0.25) is 19.8 Å². The molecule has 0 spiro atoms. The Morgan fingerprint density at radius 1 is 1.11 bits per heavy atom. The summed E-state index contributed by atoms with van der Waals surface area (Å²) in [4.78, 5) is 36.6. The fraction of sp³-hybridized carbons (Fsp3) is 0.154. The Kier molecular flexibility index (Phi) is 7.83. The molecule has 4 rings (SSSR count). The fourth-order valence-corrected chi connectivity index (χ4v) is 4.20. The number of hydrogen-bond donors (Lipinski definition) is 1. The molecular formula is C26H21BrFN3O6. The summed E-state index contributed by atoms with van der Waals surface area (Å²) in [6.07, 6.45) is 1.50. The quantitative estimate of drug-likeness (QED) is 0.156. The van der Waals surface area contributed by atoms with E-state index in [1.165, 1.54) is 36.4 Å². The number of rotatable bonds is 9. The van der Waals surface area contributed by atoms with Gasteiger partial charge in [-0.15, -0.1) is 0 Å². The first kappa shape index (κ1) is 25.8. The van der Waals surface area contributed by atoms with Gasteiger partial charge in [-0.25, -0.2) is 9.18 Å². The van der Waals surface area contributed by atoms with Crippen LogP contribution < -0.4 is 14.8 Å². The highest BCUT2D eigenvalue weighted by atomic mass is 79.9. The average Bonchev–Trinajstić information content (AvgIpc) is 3.12. The molecule has 0 bridgehead atoms. The van der Waals surface area contributed by atoms with Crippen LogP contribution >= 0.6 is 15.9 Å². The molecule has 1 N–H and O–H groups in total. The SMILES string of the molecule is CCOc1cc(/C=C2/NC(=O)N(Cc3ccccc3F)C2=O)cc(Br)c1OCc1ccc([N+](=O)[O-])cc1. The van der Waals surface area contributed by atoms with Crippen LogP contribution in [0.3, 0.4) is 0 Å². The van der Waals surface area contributed by atoms with Crippen LogP contribution in [-0.4, -0.2) is 28.4 Å². The van der Waals surface area contributed by atoms with Gasteiger partial charge in [-0.2, -0.15) is 0 Å². The lowest BCUT2D eigenvalue weighted by Gasteiger charge is -2.15. The molecule has 0 saturated carbocycles. The molecule has 1 aliphatic heterocycles. The Morgan fingerprint density at radius 3 is 2.51 bits per heavy atom. The van der Waals surface area contributed by atoms with E-state index in [1.807, 2.05) is 0 Å². The molecule has 3 aromatic carbocycles. The maximum atomic E-state index is 14.0. The maximum Gasteiger partial charge on any atom is 0.329 e. The minimum absolute atomic E-state index is 0.0154. The number of halogens is 2. The number of carbonyl (C=O) groups is 2. The second-order valence-corrected chi connectivity index (χ2v) is 8.80. The Morgan fingerprint density at radius 2 is 1.84 bits per heavy atom. The van der Waals surface area contributed by atoms with E-state index in [1.54, 1.807) is 37.3 Å². The number of amides is 3. The summed E-state index contributed by atoms with van der Waals surface area (Å²) in [6, 6.07) is 14.6. The Hall–Kier alpha value is -4.25. The largest absolute Gasteiger partial charge is 0.490 e. The average molecular weight is 570 g/mol. The van der Waals surface area contributed by atoms with Crippen molar-refractivity contribution in [3.63, 3.8) is 0 Å². The molecule has 1 aliphatic rings. The number of hydrogen-bond acceptors (Lipinski definition) is 6. The first-order valence-electron chi connectivity index (χ1n) is 11.2. The summed E-state index contributed by atoms with van der Waals surface area (Å²) in [5.74, 6) is -0.285. The Labute approximate surface area is 219 Å². The zero-order chi connectivity index (χ0) is 26.5. The smallest absolute Gasteiger partial charge is 0.329 e. The van der Waals surface area contributed by atoms with Crippen molar-refractivity contribution in [2.24, 2.45) is 0 Å². The summed E-state index contributed by atoms with van der Waals surface area (Å²) in [5, 5.41) is 13.4. The molecule has 190 valence electrons.